The number of hydrogen-bond acceptors (Lipinski definition) is 5. The van der Waals surface area contributed by atoms with Crippen molar-refractivity contribution >= 4 is 5.95 Å². The molecule has 0 spiro atoms. The van der Waals surface area contributed by atoms with E-state index < -0.39 is 0 Å². The van der Waals surface area contributed by atoms with Gasteiger partial charge in [-0.2, -0.15) is 5.10 Å². The van der Waals surface area contributed by atoms with Gasteiger partial charge in [-0.05, 0) is 32.0 Å². The molecule has 108 valence electrons. The van der Waals surface area contributed by atoms with Crippen molar-refractivity contribution in [1.29, 1.82) is 0 Å². The van der Waals surface area contributed by atoms with E-state index >= 15 is 0 Å². The Morgan fingerprint density at radius 1 is 1.24 bits per heavy atom. The molecule has 6 nitrogen and oxygen atoms in total. The fraction of sp³-hybridized carbons (Fsp3) is 0.267. The molecule has 3 aromatic rings. The van der Waals surface area contributed by atoms with E-state index in [4.69, 9.17) is 4.42 Å². The maximum Gasteiger partial charge on any atom is 0.223 e. The monoisotopic (exact) mass is 283 g/mol. The van der Waals surface area contributed by atoms with Crippen LogP contribution in [0.15, 0.2) is 35.0 Å². The highest BCUT2D eigenvalue weighted by Crippen LogP contribution is 2.20. The summed E-state index contributed by atoms with van der Waals surface area (Å²) in [6.45, 7) is 4.45. The van der Waals surface area contributed by atoms with E-state index in [9.17, 15) is 0 Å². The number of rotatable bonds is 4. The number of aryl methyl sites for hydroxylation is 3. The Morgan fingerprint density at radius 2 is 2.10 bits per heavy atom. The summed E-state index contributed by atoms with van der Waals surface area (Å²) in [7, 11) is 1.90. The van der Waals surface area contributed by atoms with Gasteiger partial charge in [0, 0.05) is 25.0 Å². The maximum atomic E-state index is 5.51. The highest BCUT2D eigenvalue weighted by molar-refractivity contribution is 5.61. The van der Waals surface area contributed by atoms with E-state index in [1.807, 2.05) is 45.3 Å². The van der Waals surface area contributed by atoms with Gasteiger partial charge in [-0.25, -0.2) is 9.97 Å². The molecule has 1 N–H and O–H groups in total. The summed E-state index contributed by atoms with van der Waals surface area (Å²) in [5.41, 5.74) is 2.81. The van der Waals surface area contributed by atoms with Crippen molar-refractivity contribution in [1.82, 2.24) is 19.7 Å². The summed E-state index contributed by atoms with van der Waals surface area (Å²) in [6, 6.07) is 5.76. The largest absolute Gasteiger partial charge is 0.465 e. The highest BCUT2D eigenvalue weighted by atomic mass is 16.3. The van der Waals surface area contributed by atoms with Gasteiger partial charge >= 0.3 is 0 Å². The van der Waals surface area contributed by atoms with Crippen molar-refractivity contribution in [3.05, 3.63) is 47.8 Å². The van der Waals surface area contributed by atoms with Gasteiger partial charge in [0.2, 0.25) is 5.95 Å². The number of nitrogens with zero attached hydrogens (tertiary/aromatic N) is 4. The van der Waals surface area contributed by atoms with Crippen molar-refractivity contribution < 1.29 is 4.42 Å². The smallest absolute Gasteiger partial charge is 0.223 e. The maximum absolute atomic E-state index is 5.51. The van der Waals surface area contributed by atoms with E-state index in [1.165, 1.54) is 0 Å². The third-order valence-corrected chi connectivity index (χ3v) is 3.16. The topological polar surface area (TPSA) is 68.8 Å². The predicted octanol–water partition coefficient (Wildman–Crippen LogP) is 2.70. The van der Waals surface area contributed by atoms with Crippen LogP contribution in [-0.4, -0.2) is 19.7 Å². The lowest BCUT2D eigenvalue weighted by Gasteiger charge is -2.04. The molecule has 0 amide bonds. The second-order valence-corrected chi connectivity index (χ2v) is 4.93. The fourth-order valence-corrected chi connectivity index (χ4v) is 2.19. The molecule has 0 saturated heterocycles. The Bertz CT molecular complexity index is 759. The molecule has 0 radical (unpaired) electrons. The Hall–Kier alpha value is -2.63. The first-order valence-electron chi connectivity index (χ1n) is 6.74. The van der Waals surface area contributed by atoms with Crippen molar-refractivity contribution in [3.63, 3.8) is 0 Å². The Labute approximate surface area is 122 Å². The Kier molecular flexibility index (Phi) is 3.43. The van der Waals surface area contributed by atoms with Gasteiger partial charge < -0.3 is 9.73 Å². The molecule has 21 heavy (non-hydrogen) atoms. The second-order valence-electron chi connectivity index (χ2n) is 4.93. The van der Waals surface area contributed by atoms with Crippen molar-refractivity contribution in [2.45, 2.75) is 20.4 Å². The van der Waals surface area contributed by atoms with E-state index in [1.54, 1.807) is 10.9 Å². The van der Waals surface area contributed by atoms with E-state index in [2.05, 4.69) is 20.4 Å². The fourth-order valence-electron chi connectivity index (χ4n) is 2.19. The van der Waals surface area contributed by atoms with Crippen LogP contribution in [0.2, 0.25) is 0 Å². The van der Waals surface area contributed by atoms with E-state index in [0.717, 1.165) is 28.5 Å². The SMILES string of the molecule is Cc1ccc(CNc2nccc(-c3cn(C)nc3C)n2)o1. The van der Waals surface area contributed by atoms with E-state index in [-0.39, 0.29) is 0 Å². The van der Waals surface area contributed by atoms with Crippen molar-refractivity contribution in [2.24, 2.45) is 7.05 Å². The molecule has 6 heteroatoms. The molecule has 0 aliphatic heterocycles. The van der Waals surface area contributed by atoms with Crippen LogP contribution in [0.25, 0.3) is 11.3 Å². The second kappa shape index (κ2) is 5.40. The molecule has 0 aliphatic carbocycles. The zero-order valence-corrected chi connectivity index (χ0v) is 12.3. The molecule has 0 fully saturated rings. The van der Waals surface area contributed by atoms with Crippen LogP contribution in [0.5, 0.6) is 0 Å². The lowest BCUT2D eigenvalue weighted by atomic mass is 10.2. The third-order valence-electron chi connectivity index (χ3n) is 3.16. The van der Waals surface area contributed by atoms with E-state index in [0.29, 0.717) is 12.5 Å². The summed E-state index contributed by atoms with van der Waals surface area (Å²) >= 11 is 0. The van der Waals surface area contributed by atoms with Crippen LogP contribution in [0.3, 0.4) is 0 Å². The molecule has 0 unspecified atom stereocenters. The van der Waals surface area contributed by atoms with Gasteiger partial charge in [0.25, 0.3) is 0 Å². The molecule has 3 aromatic heterocycles. The van der Waals surface area contributed by atoms with Gasteiger partial charge in [0.05, 0.1) is 17.9 Å². The first-order chi connectivity index (χ1) is 10.1. The molecule has 0 bridgehead atoms. The summed E-state index contributed by atoms with van der Waals surface area (Å²) in [5, 5.41) is 7.50. The number of aromatic nitrogens is 4. The quantitative estimate of drug-likeness (QED) is 0.797. The zero-order valence-electron chi connectivity index (χ0n) is 12.3. The number of nitrogens with one attached hydrogen (secondary N) is 1. The Balaban J connectivity index is 1.78. The highest BCUT2D eigenvalue weighted by Gasteiger charge is 2.09. The minimum Gasteiger partial charge on any atom is -0.465 e. The van der Waals surface area contributed by atoms with Crippen molar-refractivity contribution in [2.75, 3.05) is 5.32 Å². The van der Waals surface area contributed by atoms with Gasteiger partial charge in [-0.15, -0.1) is 0 Å². The number of hydrogen-bond donors (Lipinski definition) is 1. The molecule has 3 heterocycles. The van der Waals surface area contributed by atoms with Crippen molar-refractivity contribution in [3.8, 4) is 11.3 Å². The van der Waals surface area contributed by atoms with Crippen LogP contribution < -0.4 is 5.32 Å². The molecule has 3 rings (SSSR count). The molecule has 0 aromatic carbocycles. The lowest BCUT2D eigenvalue weighted by molar-refractivity contribution is 0.490. The molecule has 0 aliphatic rings. The standard InChI is InChI=1S/C15H17N5O/c1-10-4-5-12(21-10)8-17-15-16-7-6-14(18-15)13-9-20(3)19-11(13)2/h4-7,9H,8H2,1-3H3,(H,16,17,18). The summed E-state index contributed by atoms with van der Waals surface area (Å²) in [4.78, 5) is 8.75. The van der Waals surface area contributed by atoms with Crippen LogP contribution in [0.4, 0.5) is 5.95 Å². The van der Waals surface area contributed by atoms with Crippen LogP contribution in [0, 0.1) is 13.8 Å². The van der Waals surface area contributed by atoms with Gasteiger partial charge in [0.1, 0.15) is 11.5 Å². The molecule has 0 atom stereocenters. The minimum atomic E-state index is 0.559. The first kappa shape index (κ1) is 13.4. The summed E-state index contributed by atoms with van der Waals surface area (Å²) in [6.07, 6.45) is 3.70. The number of furan rings is 1. The van der Waals surface area contributed by atoms with Crippen LogP contribution in [0.1, 0.15) is 17.2 Å². The Morgan fingerprint density at radius 3 is 2.76 bits per heavy atom. The lowest BCUT2D eigenvalue weighted by Crippen LogP contribution is -2.03. The third kappa shape index (κ3) is 2.94. The van der Waals surface area contributed by atoms with Gasteiger partial charge in [-0.3, -0.25) is 4.68 Å². The minimum absolute atomic E-state index is 0.559. The summed E-state index contributed by atoms with van der Waals surface area (Å²) in [5.74, 6) is 2.33. The van der Waals surface area contributed by atoms with Crippen LogP contribution >= 0.6 is 0 Å². The molecular formula is C15H17N5O. The zero-order chi connectivity index (χ0) is 14.8. The van der Waals surface area contributed by atoms with Crippen LogP contribution in [-0.2, 0) is 13.6 Å². The predicted molar refractivity (Wildman–Crippen MR) is 79.7 cm³/mol. The average Bonchev–Trinajstić information content (AvgIpc) is 3.02. The number of anilines is 1. The van der Waals surface area contributed by atoms with Gasteiger partial charge in [0.15, 0.2) is 0 Å². The summed E-state index contributed by atoms with van der Waals surface area (Å²) < 4.78 is 7.29. The average molecular weight is 283 g/mol. The molecule has 0 saturated carbocycles. The van der Waals surface area contributed by atoms with Gasteiger partial charge in [-0.1, -0.05) is 0 Å². The first-order valence-corrected chi connectivity index (χ1v) is 6.74. The normalized spacial score (nSPS) is 10.8. The molecular weight excluding hydrogens is 266 g/mol.